The van der Waals surface area contributed by atoms with Crippen LogP contribution in [-0.4, -0.2) is 42.9 Å². The molecule has 2 aromatic carbocycles. The van der Waals surface area contributed by atoms with Gasteiger partial charge in [0.05, 0.1) is 12.9 Å². The molecule has 150 valence electrons. The number of nitrogens with one attached hydrogen (secondary N) is 1. The van der Waals surface area contributed by atoms with Crippen LogP contribution in [0, 0.1) is 0 Å². The van der Waals surface area contributed by atoms with Gasteiger partial charge in [0.25, 0.3) is 0 Å². The van der Waals surface area contributed by atoms with Gasteiger partial charge in [0.1, 0.15) is 12.4 Å². The van der Waals surface area contributed by atoms with E-state index in [-0.39, 0.29) is 5.70 Å². The number of aromatic nitrogens is 1. The van der Waals surface area contributed by atoms with Crippen molar-refractivity contribution in [1.29, 1.82) is 0 Å². The number of H-pyrrole nitrogens is 1. The van der Waals surface area contributed by atoms with E-state index in [2.05, 4.69) is 9.98 Å². The van der Waals surface area contributed by atoms with Gasteiger partial charge in [-0.15, -0.1) is 0 Å². The number of ether oxygens (including phenoxy) is 2. The van der Waals surface area contributed by atoms with E-state index >= 15 is 0 Å². The number of carbonyl (C=O) groups excluding carboxylic acids is 1. The molecule has 6 nitrogen and oxygen atoms in total. The first-order chi connectivity index (χ1) is 14.1. The topological polar surface area (TPSA) is 66.9 Å². The van der Waals surface area contributed by atoms with Crippen molar-refractivity contribution in [2.45, 2.75) is 13.5 Å². The minimum atomic E-state index is -0.462. The lowest BCUT2D eigenvalue weighted by Crippen LogP contribution is -2.11. The van der Waals surface area contributed by atoms with E-state index in [0.29, 0.717) is 13.2 Å². The van der Waals surface area contributed by atoms with Crippen LogP contribution in [0.1, 0.15) is 18.1 Å². The van der Waals surface area contributed by atoms with Crippen LogP contribution in [0.3, 0.4) is 0 Å². The normalized spacial score (nSPS) is 11.8. The highest BCUT2D eigenvalue weighted by Gasteiger charge is 2.12. The lowest BCUT2D eigenvalue weighted by molar-refractivity contribution is -0.138. The maximum Gasteiger partial charge on any atom is 0.356 e. The van der Waals surface area contributed by atoms with Gasteiger partial charge in [-0.25, -0.2) is 9.79 Å². The first-order valence-corrected chi connectivity index (χ1v) is 9.44. The average Bonchev–Trinajstić information content (AvgIpc) is 3.12. The standard InChI is InChI=1S/C23H25N3O3/c1-4-28-23(27)22(25-16-26(2)3)12-18-14-24-21-11-10-19(13-20(18)21)29-15-17-8-6-5-7-9-17/h5-14,16,24H,4,15H2,1-3H3/b22-12+,25-16+. The SMILES string of the molecule is CCOC(=O)C(=C\c1c[nH]c2ccc(OCc3ccccc3)cc12)/N=C/N(C)C. The molecule has 0 aliphatic rings. The molecule has 0 amide bonds. The second-order valence-electron chi connectivity index (χ2n) is 6.68. The van der Waals surface area contributed by atoms with Crippen LogP contribution in [-0.2, 0) is 16.1 Å². The maximum atomic E-state index is 12.3. The number of benzene rings is 2. The number of carbonyl (C=O) groups is 1. The molecule has 0 bridgehead atoms. The zero-order valence-corrected chi connectivity index (χ0v) is 16.9. The van der Waals surface area contributed by atoms with Gasteiger partial charge in [-0.2, -0.15) is 0 Å². The van der Waals surface area contributed by atoms with Crippen molar-refractivity contribution in [3.63, 3.8) is 0 Å². The lowest BCUT2D eigenvalue weighted by atomic mass is 10.1. The van der Waals surface area contributed by atoms with Crippen molar-refractivity contribution in [3.8, 4) is 5.75 Å². The molecular formula is C23H25N3O3. The Morgan fingerprint density at radius 2 is 1.97 bits per heavy atom. The number of aromatic amines is 1. The highest BCUT2D eigenvalue weighted by molar-refractivity contribution is 5.99. The molecule has 1 N–H and O–H groups in total. The van der Waals surface area contributed by atoms with E-state index in [0.717, 1.165) is 27.8 Å². The zero-order valence-electron chi connectivity index (χ0n) is 16.9. The van der Waals surface area contributed by atoms with E-state index in [1.807, 2.05) is 68.8 Å². The Labute approximate surface area is 170 Å². The average molecular weight is 391 g/mol. The van der Waals surface area contributed by atoms with Crippen LogP contribution in [0.5, 0.6) is 5.75 Å². The molecule has 0 atom stereocenters. The van der Waals surface area contributed by atoms with E-state index in [9.17, 15) is 4.79 Å². The molecule has 3 aromatic rings. The molecule has 0 unspecified atom stereocenters. The van der Waals surface area contributed by atoms with Crippen molar-refractivity contribution >= 4 is 29.3 Å². The van der Waals surface area contributed by atoms with Gasteiger partial charge in [-0.05, 0) is 36.8 Å². The number of fused-ring (bicyclic) bond motifs is 1. The van der Waals surface area contributed by atoms with Crippen LogP contribution in [0.15, 0.2) is 65.4 Å². The summed E-state index contributed by atoms with van der Waals surface area (Å²) in [5, 5.41) is 0.942. The summed E-state index contributed by atoms with van der Waals surface area (Å²) >= 11 is 0. The molecule has 0 fully saturated rings. The molecule has 29 heavy (non-hydrogen) atoms. The fraction of sp³-hybridized carbons (Fsp3) is 0.217. The van der Waals surface area contributed by atoms with E-state index in [4.69, 9.17) is 9.47 Å². The summed E-state index contributed by atoms with van der Waals surface area (Å²) in [5.41, 5.74) is 3.12. The molecule has 1 aromatic heterocycles. The lowest BCUT2D eigenvalue weighted by Gasteiger charge is -2.07. The molecule has 0 spiro atoms. The van der Waals surface area contributed by atoms with Gasteiger partial charge < -0.3 is 19.4 Å². The summed E-state index contributed by atoms with van der Waals surface area (Å²) in [6.45, 7) is 2.55. The minimum Gasteiger partial charge on any atom is -0.489 e. The van der Waals surface area contributed by atoms with Crippen molar-refractivity contribution in [2.75, 3.05) is 20.7 Å². The molecule has 3 rings (SSSR count). The monoisotopic (exact) mass is 391 g/mol. The Hall–Kier alpha value is -3.54. The third-order valence-corrected chi connectivity index (χ3v) is 4.14. The summed E-state index contributed by atoms with van der Waals surface area (Å²) in [6, 6.07) is 15.8. The molecular weight excluding hydrogens is 366 g/mol. The Morgan fingerprint density at radius 1 is 1.17 bits per heavy atom. The largest absolute Gasteiger partial charge is 0.489 e. The number of esters is 1. The van der Waals surface area contributed by atoms with Crippen LogP contribution in [0.4, 0.5) is 0 Å². The van der Waals surface area contributed by atoms with Crippen LogP contribution in [0.2, 0.25) is 0 Å². The summed E-state index contributed by atoms with van der Waals surface area (Å²) in [4.78, 5) is 21.5. The van der Waals surface area contributed by atoms with Crippen LogP contribution in [0.25, 0.3) is 17.0 Å². The Morgan fingerprint density at radius 3 is 2.69 bits per heavy atom. The Bertz CT molecular complexity index is 1020. The minimum absolute atomic E-state index is 0.233. The number of aliphatic imine (C=N–C) groups is 1. The van der Waals surface area contributed by atoms with Crippen molar-refractivity contribution in [1.82, 2.24) is 9.88 Å². The van der Waals surface area contributed by atoms with Crippen molar-refractivity contribution < 1.29 is 14.3 Å². The number of hydrogen-bond donors (Lipinski definition) is 1. The Balaban J connectivity index is 1.89. The first kappa shape index (κ1) is 20.2. The highest BCUT2D eigenvalue weighted by atomic mass is 16.5. The number of nitrogens with zero attached hydrogens (tertiary/aromatic N) is 2. The fourth-order valence-electron chi connectivity index (χ4n) is 2.75. The molecule has 0 radical (unpaired) electrons. The molecule has 6 heteroatoms. The molecule has 0 aliphatic heterocycles. The smallest absolute Gasteiger partial charge is 0.356 e. The maximum absolute atomic E-state index is 12.3. The van der Waals surface area contributed by atoms with Crippen LogP contribution < -0.4 is 4.74 Å². The van der Waals surface area contributed by atoms with Gasteiger partial charge >= 0.3 is 5.97 Å². The summed E-state index contributed by atoms with van der Waals surface area (Å²) in [5.74, 6) is 0.293. The van der Waals surface area contributed by atoms with Gasteiger partial charge in [-0.3, -0.25) is 0 Å². The van der Waals surface area contributed by atoms with E-state index in [1.165, 1.54) is 0 Å². The third kappa shape index (κ3) is 5.48. The summed E-state index contributed by atoms with van der Waals surface area (Å²) in [6.07, 6.45) is 5.14. The second-order valence-corrected chi connectivity index (χ2v) is 6.68. The molecule has 0 saturated carbocycles. The quantitative estimate of drug-likeness (QED) is 0.270. The van der Waals surface area contributed by atoms with Crippen molar-refractivity contribution in [2.24, 2.45) is 4.99 Å². The molecule has 0 aliphatic carbocycles. The predicted octanol–water partition coefficient (Wildman–Crippen LogP) is 4.24. The zero-order chi connectivity index (χ0) is 20.6. The Kier molecular flexibility index (Phi) is 6.68. The second kappa shape index (κ2) is 9.59. The van der Waals surface area contributed by atoms with Gasteiger partial charge in [-0.1, -0.05) is 30.3 Å². The molecule has 1 heterocycles. The first-order valence-electron chi connectivity index (χ1n) is 9.44. The van der Waals surface area contributed by atoms with E-state index < -0.39 is 5.97 Å². The highest BCUT2D eigenvalue weighted by Crippen LogP contribution is 2.26. The number of hydrogen-bond acceptors (Lipinski definition) is 4. The van der Waals surface area contributed by atoms with Crippen LogP contribution >= 0.6 is 0 Å². The number of rotatable bonds is 8. The molecule has 0 saturated heterocycles. The summed E-state index contributed by atoms with van der Waals surface area (Å²) in [7, 11) is 3.68. The van der Waals surface area contributed by atoms with Gasteiger partial charge in [0, 0.05) is 36.8 Å². The summed E-state index contributed by atoms with van der Waals surface area (Å²) < 4.78 is 11.1. The van der Waals surface area contributed by atoms with Gasteiger partial charge in [0.15, 0.2) is 5.70 Å². The van der Waals surface area contributed by atoms with Crippen molar-refractivity contribution in [3.05, 3.63) is 71.6 Å². The fourth-order valence-corrected chi connectivity index (χ4v) is 2.75. The third-order valence-electron chi connectivity index (χ3n) is 4.14. The predicted molar refractivity (Wildman–Crippen MR) is 116 cm³/mol. The van der Waals surface area contributed by atoms with E-state index in [1.54, 1.807) is 24.2 Å². The van der Waals surface area contributed by atoms with Gasteiger partial charge in [0.2, 0.25) is 0 Å².